The van der Waals surface area contributed by atoms with Crippen LogP contribution in [0.2, 0.25) is 10.0 Å². The van der Waals surface area contributed by atoms with Gasteiger partial charge in [0.05, 0.1) is 30.8 Å². The highest BCUT2D eigenvalue weighted by atomic mass is 35.5. The van der Waals surface area contributed by atoms with Crippen molar-refractivity contribution in [1.29, 1.82) is 0 Å². The molecular formula is C32H31Cl2N3O4. The fourth-order valence-electron chi connectivity index (χ4n) is 5.16. The molecule has 0 bridgehead atoms. The van der Waals surface area contributed by atoms with E-state index in [-0.39, 0.29) is 18.4 Å². The van der Waals surface area contributed by atoms with Gasteiger partial charge in [0.1, 0.15) is 0 Å². The lowest BCUT2D eigenvalue weighted by Gasteiger charge is -2.45. The number of hydrogen-bond donors (Lipinski definition) is 3. The number of benzene rings is 3. The number of fused-ring (bicyclic) bond motifs is 1. The summed E-state index contributed by atoms with van der Waals surface area (Å²) in [6, 6.07) is 20.3. The fourth-order valence-corrected chi connectivity index (χ4v) is 5.68. The zero-order valence-electron chi connectivity index (χ0n) is 22.2. The van der Waals surface area contributed by atoms with Gasteiger partial charge in [-0.2, -0.15) is 0 Å². The van der Waals surface area contributed by atoms with Gasteiger partial charge in [0.25, 0.3) is 5.91 Å². The average Bonchev–Trinajstić information content (AvgIpc) is 2.98. The van der Waals surface area contributed by atoms with Crippen LogP contribution in [-0.4, -0.2) is 52.4 Å². The number of oxime groups is 1. The Balaban J connectivity index is 1.74. The number of nitrogens with zero attached hydrogens (tertiary/aromatic N) is 2. The summed E-state index contributed by atoms with van der Waals surface area (Å²) in [5.74, 6) is -1.34. The Bertz CT molecular complexity index is 1440. The van der Waals surface area contributed by atoms with Gasteiger partial charge in [0.2, 0.25) is 5.91 Å². The number of halogens is 2. The van der Waals surface area contributed by atoms with Gasteiger partial charge < -0.3 is 20.5 Å². The smallest absolute Gasteiger partial charge is 0.255 e. The molecule has 212 valence electrons. The summed E-state index contributed by atoms with van der Waals surface area (Å²) in [7, 11) is 0. The minimum atomic E-state index is -0.794. The van der Waals surface area contributed by atoms with Crippen LogP contribution in [0.15, 0.2) is 102 Å². The lowest BCUT2D eigenvalue weighted by molar-refractivity contribution is -0.124. The summed E-state index contributed by atoms with van der Waals surface area (Å²) in [5, 5.41) is 25.7. The monoisotopic (exact) mass is 591 g/mol. The van der Waals surface area contributed by atoms with Gasteiger partial charge in [-0.3, -0.25) is 9.59 Å². The minimum Gasteiger partial charge on any atom is -0.411 e. The second kappa shape index (κ2) is 14.6. The summed E-state index contributed by atoms with van der Waals surface area (Å²) in [4.78, 5) is 29.7. The Kier molecular flexibility index (Phi) is 10.7. The first kappa shape index (κ1) is 30.1. The van der Waals surface area contributed by atoms with Crippen LogP contribution in [0.3, 0.4) is 0 Å². The number of aliphatic hydroxyl groups excluding tert-OH is 1. The number of hydrogen-bond acceptors (Lipinski definition) is 5. The Morgan fingerprint density at radius 1 is 1.00 bits per heavy atom. The van der Waals surface area contributed by atoms with Crippen molar-refractivity contribution in [3.8, 4) is 0 Å². The van der Waals surface area contributed by atoms with Gasteiger partial charge in [-0.1, -0.05) is 101 Å². The molecule has 0 spiro atoms. The van der Waals surface area contributed by atoms with Gasteiger partial charge in [0.15, 0.2) is 0 Å². The van der Waals surface area contributed by atoms with Crippen molar-refractivity contribution in [3.63, 3.8) is 0 Å². The predicted octanol–water partition coefficient (Wildman–Crippen LogP) is 5.96. The van der Waals surface area contributed by atoms with E-state index in [2.05, 4.69) is 10.5 Å². The number of nitrogens with one attached hydrogen (secondary N) is 1. The van der Waals surface area contributed by atoms with Crippen LogP contribution >= 0.6 is 23.2 Å². The second-order valence-corrected chi connectivity index (χ2v) is 10.4. The van der Waals surface area contributed by atoms with E-state index >= 15 is 0 Å². The lowest BCUT2D eigenvalue weighted by atomic mass is 9.78. The average molecular weight is 593 g/mol. The molecule has 0 radical (unpaired) electrons. The van der Waals surface area contributed by atoms with E-state index in [9.17, 15) is 14.7 Å². The highest BCUT2D eigenvalue weighted by molar-refractivity contribution is 6.35. The Morgan fingerprint density at radius 2 is 1.76 bits per heavy atom. The second-order valence-electron chi connectivity index (χ2n) is 9.57. The first-order chi connectivity index (χ1) is 20.0. The van der Waals surface area contributed by atoms with Crippen LogP contribution in [0.1, 0.15) is 45.4 Å². The molecule has 3 aromatic rings. The van der Waals surface area contributed by atoms with Gasteiger partial charge in [-0.25, -0.2) is 0 Å². The van der Waals surface area contributed by atoms with E-state index in [1.165, 1.54) is 6.21 Å². The van der Waals surface area contributed by atoms with E-state index in [0.717, 1.165) is 5.56 Å². The molecule has 1 heterocycles. The molecule has 41 heavy (non-hydrogen) atoms. The van der Waals surface area contributed by atoms with Crippen LogP contribution in [-0.2, 0) is 11.2 Å². The van der Waals surface area contributed by atoms with Crippen molar-refractivity contribution < 1.29 is 19.9 Å². The van der Waals surface area contributed by atoms with Crippen LogP contribution < -0.4 is 5.32 Å². The summed E-state index contributed by atoms with van der Waals surface area (Å²) in [6.07, 6.45) is 9.15. The third kappa shape index (κ3) is 7.24. The third-order valence-electron chi connectivity index (χ3n) is 6.98. The van der Waals surface area contributed by atoms with Crippen molar-refractivity contribution in [1.82, 2.24) is 10.2 Å². The first-order valence-electron chi connectivity index (χ1n) is 13.2. The van der Waals surface area contributed by atoms with E-state index in [1.807, 2.05) is 36.4 Å². The normalized spacial score (nSPS) is 17.8. The zero-order valence-corrected chi connectivity index (χ0v) is 23.7. The molecule has 0 unspecified atom stereocenters. The number of allylic oxidation sites excluding steroid dienone is 3. The molecule has 9 heteroatoms. The van der Waals surface area contributed by atoms with Crippen molar-refractivity contribution in [2.45, 2.75) is 30.8 Å². The largest absolute Gasteiger partial charge is 0.411 e. The minimum absolute atomic E-state index is 0.265. The van der Waals surface area contributed by atoms with Crippen molar-refractivity contribution in [2.24, 2.45) is 5.16 Å². The van der Waals surface area contributed by atoms with Crippen molar-refractivity contribution in [3.05, 3.63) is 129 Å². The van der Waals surface area contributed by atoms with Crippen LogP contribution in [0.25, 0.3) is 0 Å². The van der Waals surface area contributed by atoms with Crippen LogP contribution in [0, 0.1) is 0 Å². The van der Waals surface area contributed by atoms with E-state index in [4.69, 9.17) is 28.4 Å². The highest BCUT2D eigenvalue weighted by Crippen LogP contribution is 2.46. The molecular weight excluding hydrogens is 561 g/mol. The molecule has 0 fully saturated rings. The molecule has 3 aromatic carbocycles. The van der Waals surface area contributed by atoms with Gasteiger partial charge in [-0.05, 0) is 53.8 Å². The zero-order chi connectivity index (χ0) is 29.2. The number of amides is 2. The molecule has 0 aromatic heterocycles. The maximum atomic E-state index is 14.1. The maximum Gasteiger partial charge on any atom is 0.255 e. The summed E-state index contributed by atoms with van der Waals surface area (Å²) >= 11 is 12.9. The molecule has 2 amide bonds. The fraction of sp³-hybridized carbons (Fsp3) is 0.219. The standard InChI is InChI=1S/C32H31Cl2N3O4/c33-23-15-16-27(28(34)20-23)30-29(31(39)35-17-9-2-1-3-10-18-36-41)25-13-7-8-14-26(25)32(40)37(30)24(21-38)19-22-11-5-4-6-12-22/h1-8,10-16,18,20,24,29-30,38,41H,9,17,19,21H2,(H,35,39)/b2-1+,10-3-,36-18?/t24-,29+,30-/m0/s1. The molecule has 0 aliphatic carbocycles. The molecule has 7 nitrogen and oxygen atoms in total. The van der Waals surface area contributed by atoms with Crippen LogP contribution in [0.4, 0.5) is 0 Å². The SMILES string of the molecule is O=C(NCC/C=C/C=C\C=NO)[C@@H]1c2ccccc2C(=O)N([C@H](CO)Cc2ccccc2)[C@H]1c1ccc(Cl)cc1Cl. The number of aliphatic hydroxyl groups is 1. The van der Waals surface area contributed by atoms with Crippen molar-refractivity contribution >= 4 is 41.2 Å². The van der Waals surface area contributed by atoms with E-state index in [0.29, 0.717) is 46.1 Å². The van der Waals surface area contributed by atoms with E-state index < -0.39 is 18.0 Å². The quantitative estimate of drug-likeness (QED) is 0.0842. The van der Waals surface area contributed by atoms with Gasteiger partial charge in [0, 0.05) is 22.2 Å². The maximum absolute atomic E-state index is 14.1. The molecule has 3 atom stereocenters. The number of carbonyl (C=O) groups excluding carboxylic acids is 2. The lowest BCUT2D eigenvalue weighted by Crippen LogP contribution is -2.53. The Labute approximate surface area is 249 Å². The summed E-state index contributed by atoms with van der Waals surface area (Å²) < 4.78 is 0. The highest BCUT2D eigenvalue weighted by Gasteiger charge is 2.47. The Morgan fingerprint density at radius 3 is 2.49 bits per heavy atom. The van der Waals surface area contributed by atoms with Gasteiger partial charge >= 0.3 is 0 Å². The summed E-state index contributed by atoms with van der Waals surface area (Å²) in [5.41, 5.74) is 2.53. The Hall–Kier alpha value is -3.91. The topological polar surface area (TPSA) is 102 Å². The van der Waals surface area contributed by atoms with Crippen molar-refractivity contribution in [2.75, 3.05) is 13.2 Å². The van der Waals surface area contributed by atoms with Gasteiger partial charge in [-0.15, -0.1) is 0 Å². The number of carbonyl (C=O) groups is 2. The predicted molar refractivity (Wildman–Crippen MR) is 162 cm³/mol. The summed E-state index contributed by atoms with van der Waals surface area (Å²) in [6.45, 7) is 0.0521. The molecule has 1 aliphatic heterocycles. The van der Waals surface area contributed by atoms with Crippen LogP contribution in [0.5, 0.6) is 0 Å². The molecule has 0 saturated heterocycles. The third-order valence-corrected chi connectivity index (χ3v) is 7.54. The molecule has 3 N–H and O–H groups in total. The number of rotatable bonds is 11. The molecule has 0 saturated carbocycles. The first-order valence-corrected chi connectivity index (χ1v) is 14.0. The molecule has 1 aliphatic rings. The molecule has 4 rings (SSSR count). The van der Waals surface area contributed by atoms with E-state index in [1.54, 1.807) is 65.6 Å².